The van der Waals surface area contributed by atoms with Crippen molar-refractivity contribution in [2.24, 2.45) is 0 Å². The summed E-state index contributed by atoms with van der Waals surface area (Å²) in [6.45, 7) is 1.09. The molecule has 1 saturated heterocycles. The van der Waals surface area contributed by atoms with Crippen LogP contribution in [0.25, 0.3) is 0 Å². The first-order valence-electron chi connectivity index (χ1n) is 11.1. The first kappa shape index (κ1) is 23.6. The van der Waals surface area contributed by atoms with Crippen molar-refractivity contribution in [1.82, 2.24) is 0 Å². The predicted octanol–water partition coefficient (Wildman–Crippen LogP) is 3.45. The second-order valence-electron chi connectivity index (χ2n) is 8.08. The van der Waals surface area contributed by atoms with E-state index in [0.717, 1.165) is 16.7 Å². The van der Waals surface area contributed by atoms with Crippen LogP contribution in [0.1, 0.15) is 16.7 Å². The highest BCUT2D eigenvalue weighted by molar-refractivity contribution is 5.15. The maximum Gasteiger partial charge on any atom is 0.184 e. The fraction of sp³-hybridized carbons (Fsp3) is 0.333. The molecule has 0 unspecified atom stereocenters. The van der Waals surface area contributed by atoms with E-state index in [4.69, 9.17) is 18.9 Å². The average molecular weight is 451 g/mol. The lowest BCUT2D eigenvalue weighted by atomic mass is 9.98. The molecular formula is C27H30O6. The van der Waals surface area contributed by atoms with Gasteiger partial charge in [-0.15, -0.1) is 0 Å². The van der Waals surface area contributed by atoms with E-state index >= 15 is 0 Å². The topological polar surface area (TPSA) is 77.4 Å². The van der Waals surface area contributed by atoms with Crippen molar-refractivity contribution in [2.75, 3.05) is 6.61 Å². The number of hydrogen-bond donors (Lipinski definition) is 2. The van der Waals surface area contributed by atoms with Gasteiger partial charge < -0.3 is 29.2 Å². The molecule has 0 amide bonds. The number of aliphatic hydroxyl groups is 2. The van der Waals surface area contributed by atoms with Crippen LogP contribution in [0.5, 0.6) is 0 Å². The van der Waals surface area contributed by atoms with Crippen LogP contribution < -0.4 is 0 Å². The highest BCUT2D eigenvalue weighted by Gasteiger charge is 2.46. The fourth-order valence-electron chi connectivity index (χ4n) is 3.83. The molecule has 6 heteroatoms. The van der Waals surface area contributed by atoms with Crippen molar-refractivity contribution in [3.8, 4) is 0 Å². The summed E-state index contributed by atoms with van der Waals surface area (Å²) in [5, 5.41) is 21.7. The highest BCUT2D eigenvalue weighted by atomic mass is 16.7. The van der Waals surface area contributed by atoms with Gasteiger partial charge in [-0.3, -0.25) is 0 Å². The molecule has 1 fully saturated rings. The second-order valence-corrected chi connectivity index (χ2v) is 8.08. The van der Waals surface area contributed by atoms with Gasteiger partial charge in [0.1, 0.15) is 24.4 Å². The van der Waals surface area contributed by atoms with Crippen LogP contribution in [0.15, 0.2) is 91.0 Å². The molecule has 0 spiro atoms. The van der Waals surface area contributed by atoms with Crippen molar-refractivity contribution in [3.05, 3.63) is 108 Å². The molecule has 174 valence electrons. The van der Waals surface area contributed by atoms with Crippen molar-refractivity contribution >= 4 is 0 Å². The summed E-state index contributed by atoms with van der Waals surface area (Å²) >= 11 is 0. The number of benzene rings is 3. The largest absolute Gasteiger partial charge is 0.387 e. The van der Waals surface area contributed by atoms with Gasteiger partial charge in [-0.25, -0.2) is 0 Å². The maximum atomic E-state index is 11.1. The van der Waals surface area contributed by atoms with Gasteiger partial charge in [0, 0.05) is 0 Å². The molecule has 0 aromatic heterocycles. The van der Waals surface area contributed by atoms with Gasteiger partial charge in [0.2, 0.25) is 0 Å². The average Bonchev–Trinajstić information content (AvgIpc) is 2.85. The molecule has 0 bridgehead atoms. The minimum Gasteiger partial charge on any atom is -0.387 e. The Morgan fingerprint density at radius 3 is 1.58 bits per heavy atom. The molecule has 2 N–H and O–H groups in total. The summed E-state index contributed by atoms with van der Waals surface area (Å²) in [6, 6.07) is 29.1. The van der Waals surface area contributed by atoms with E-state index in [0.29, 0.717) is 13.2 Å². The molecule has 1 heterocycles. The molecular weight excluding hydrogens is 420 g/mol. The zero-order chi connectivity index (χ0) is 22.9. The van der Waals surface area contributed by atoms with Crippen LogP contribution in [0, 0.1) is 0 Å². The Kier molecular flexibility index (Phi) is 8.60. The molecule has 3 aromatic rings. The van der Waals surface area contributed by atoms with Crippen molar-refractivity contribution in [2.45, 2.75) is 50.5 Å². The zero-order valence-electron chi connectivity index (χ0n) is 18.4. The maximum absolute atomic E-state index is 11.1. The van der Waals surface area contributed by atoms with E-state index in [1.807, 2.05) is 91.0 Å². The predicted molar refractivity (Wildman–Crippen MR) is 123 cm³/mol. The number of aliphatic hydroxyl groups excluding tert-OH is 2. The van der Waals surface area contributed by atoms with E-state index in [-0.39, 0.29) is 13.2 Å². The first-order chi connectivity index (χ1) is 16.2. The highest BCUT2D eigenvalue weighted by Crippen LogP contribution is 2.27. The Hall–Kier alpha value is -2.58. The van der Waals surface area contributed by atoms with Gasteiger partial charge in [-0.1, -0.05) is 91.0 Å². The SMILES string of the molecule is O[C@@H]1[C@H](OCc2ccccc2)[C@@H](O)O[C@H](COCc2ccccc2)[C@H]1OCc1ccccc1. The van der Waals surface area contributed by atoms with E-state index in [9.17, 15) is 10.2 Å². The third-order valence-electron chi connectivity index (χ3n) is 5.60. The molecule has 1 aliphatic rings. The molecule has 0 aliphatic carbocycles. The van der Waals surface area contributed by atoms with Gasteiger partial charge in [0.25, 0.3) is 0 Å². The van der Waals surface area contributed by atoms with Crippen molar-refractivity contribution in [3.63, 3.8) is 0 Å². The van der Waals surface area contributed by atoms with Crippen molar-refractivity contribution < 1.29 is 29.2 Å². The first-order valence-corrected chi connectivity index (χ1v) is 11.1. The van der Waals surface area contributed by atoms with Crippen LogP contribution in [-0.4, -0.2) is 47.5 Å². The van der Waals surface area contributed by atoms with Gasteiger partial charge in [0.15, 0.2) is 6.29 Å². The molecule has 1 aliphatic heterocycles. The monoisotopic (exact) mass is 450 g/mol. The van der Waals surface area contributed by atoms with Gasteiger partial charge >= 0.3 is 0 Å². The molecule has 3 aromatic carbocycles. The number of rotatable bonds is 10. The van der Waals surface area contributed by atoms with Gasteiger partial charge in [-0.05, 0) is 16.7 Å². The van der Waals surface area contributed by atoms with Crippen LogP contribution in [0.4, 0.5) is 0 Å². The Morgan fingerprint density at radius 1 is 0.606 bits per heavy atom. The summed E-state index contributed by atoms with van der Waals surface area (Å²) in [4.78, 5) is 0. The van der Waals surface area contributed by atoms with Gasteiger partial charge in [0.05, 0.1) is 26.4 Å². The minimum atomic E-state index is -1.30. The molecule has 33 heavy (non-hydrogen) atoms. The Bertz CT molecular complexity index is 935. The number of hydrogen-bond acceptors (Lipinski definition) is 6. The second kappa shape index (κ2) is 12.0. The molecule has 5 atom stereocenters. The van der Waals surface area contributed by atoms with E-state index in [1.54, 1.807) is 0 Å². The summed E-state index contributed by atoms with van der Waals surface area (Å²) in [6.07, 6.45) is -4.72. The Labute approximate surface area is 194 Å². The quantitative estimate of drug-likeness (QED) is 0.493. The molecule has 0 saturated carbocycles. The zero-order valence-corrected chi connectivity index (χ0v) is 18.4. The van der Waals surface area contributed by atoms with Crippen LogP contribution in [-0.2, 0) is 38.8 Å². The third kappa shape index (κ3) is 6.71. The smallest absolute Gasteiger partial charge is 0.184 e. The normalized spacial score (nSPS) is 25.1. The minimum absolute atomic E-state index is 0.161. The summed E-state index contributed by atoms with van der Waals surface area (Å²) in [5.74, 6) is 0. The summed E-state index contributed by atoms with van der Waals surface area (Å²) < 4.78 is 23.6. The fourth-order valence-corrected chi connectivity index (χ4v) is 3.83. The molecule has 4 rings (SSSR count). The Balaban J connectivity index is 1.41. The van der Waals surface area contributed by atoms with E-state index in [2.05, 4.69) is 0 Å². The number of ether oxygens (including phenoxy) is 4. The third-order valence-corrected chi connectivity index (χ3v) is 5.60. The Morgan fingerprint density at radius 2 is 1.06 bits per heavy atom. The van der Waals surface area contributed by atoms with Crippen molar-refractivity contribution in [1.29, 1.82) is 0 Å². The lowest BCUT2D eigenvalue weighted by molar-refractivity contribution is -0.308. The summed E-state index contributed by atoms with van der Waals surface area (Å²) in [5.41, 5.74) is 2.94. The summed E-state index contributed by atoms with van der Waals surface area (Å²) in [7, 11) is 0. The van der Waals surface area contributed by atoms with Crippen LogP contribution in [0.2, 0.25) is 0 Å². The van der Waals surface area contributed by atoms with E-state index < -0.39 is 30.7 Å². The standard InChI is InChI=1S/C27H30O6/c28-24-25(31-17-21-12-6-2-7-13-21)23(19-30-16-20-10-4-1-5-11-20)33-27(29)26(24)32-18-22-14-8-3-9-15-22/h1-15,23-29H,16-19H2/t23-,24+,25-,26+,27+/m1/s1. The van der Waals surface area contributed by atoms with Gasteiger partial charge in [-0.2, -0.15) is 0 Å². The lowest BCUT2D eigenvalue weighted by Gasteiger charge is -2.42. The van der Waals surface area contributed by atoms with E-state index in [1.165, 1.54) is 0 Å². The van der Waals surface area contributed by atoms with Crippen LogP contribution in [0.3, 0.4) is 0 Å². The van der Waals surface area contributed by atoms with Crippen LogP contribution >= 0.6 is 0 Å². The molecule has 6 nitrogen and oxygen atoms in total. The molecule has 0 radical (unpaired) electrons. The lowest BCUT2D eigenvalue weighted by Crippen LogP contribution is -2.60.